The Bertz CT molecular complexity index is 467. The molecule has 1 N–H and O–H groups in total. The van der Waals surface area contributed by atoms with Crippen molar-refractivity contribution in [3.63, 3.8) is 0 Å². The molecule has 0 heterocycles. The van der Waals surface area contributed by atoms with E-state index in [1.807, 2.05) is 49.5 Å². The quantitative estimate of drug-likeness (QED) is 0.868. The van der Waals surface area contributed by atoms with Gasteiger partial charge in [0.15, 0.2) is 0 Å². The highest BCUT2D eigenvalue weighted by Crippen LogP contribution is 2.20. The average molecular weight is 227 g/mol. The Labute approximate surface area is 102 Å². The Morgan fingerprint density at radius 2 is 1.59 bits per heavy atom. The first-order valence-electron chi connectivity index (χ1n) is 5.75. The second-order valence-electron chi connectivity index (χ2n) is 4.13. The predicted octanol–water partition coefficient (Wildman–Crippen LogP) is 2.82. The summed E-state index contributed by atoms with van der Waals surface area (Å²) >= 11 is 0. The molecule has 2 aromatic rings. The van der Waals surface area contributed by atoms with Gasteiger partial charge in [0.05, 0.1) is 6.61 Å². The zero-order valence-corrected chi connectivity index (χ0v) is 10.0. The summed E-state index contributed by atoms with van der Waals surface area (Å²) in [5, 5.41) is 9.31. The third-order valence-corrected chi connectivity index (χ3v) is 2.84. The van der Waals surface area contributed by atoms with Crippen LogP contribution in [0.4, 0.5) is 5.69 Å². The van der Waals surface area contributed by atoms with Crippen molar-refractivity contribution >= 4 is 5.69 Å². The summed E-state index contributed by atoms with van der Waals surface area (Å²) in [6, 6.07) is 18.3. The van der Waals surface area contributed by atoms with Gasteiger partial charge in [-0.1, -0.05) is 48.5 Å². The first-order valence-corrected chi connectivity index (χ1v) is 5.75. The van der Waals surface area contributed by atoms with E-state index in [0.29, 0.717) is 0 Å². The lowest BCUT2D eigenvalue weighted by Crippen LogP contribution is -2.17. The second-order valence-corrected chi connectivity index (χ2v) is 4.13. The molecule has 0 radical (unpaired) electrons. The summed E-state index contributed by atoms with van der Waals surface area (Å²) in [4.78, 5) is 2.15. The van der Waals surface area contributed by atoms with Gasteiger partial charge < -0.3 is 10.0 Å². The number of benzene rings is 2. The minimum atomic E-state index is 0.0787. The largest absolute Gasteiger partial charge is 0.392 e. The molecule has 0 aliphatic heterocycles. The van der Waals surface area contributed by atoms with Crippen LogP contribution in [0.5, 0.6) is 0 Å². The van der Waals surface area contributed by atoms with Gasteiger partial charge in [0.1, 0.15) is 0 Å². The molecule has 2 rings (SSSR count). The molecule has 0 aliphatic carbocycles. The molecule has 0 spiro atoms. The van der Waals surface area contributed by atoms with Gasteiger partial charge in [-0.3, -0.25) is 0 Å². The first-order chi connectivity index (χ1) is 8.31. The van der Waals surface area contributed by atoms with E-state index < -0.39 is 0 Å². The topological polar surface area (TPSA) is 23.5 Å². The summed E-state index contributed by atoms with van der Waals surface area (Å²) in [6.07, 6.45) is 0. The van der Waals surface area contributed by atoms with Crippen LogP contribution in [0.3, 0.4) is 0 Å². The molecule has 88 valence electrons. The number of anilines is 1. The summed E-state index contributed by atoms with van der Waals surface area (Å²) in [6.45, 7) is 0.924. The first kappa shape index (κ1) is 11.7. The average Bonchev–Trinajstić information content (AvgIpc) is 2.40. The maximum atomic E-state index is 9.31. The number of nitrogens with zero attached hydrogens (tertiary/aromatic N) is 1. The highest BCUT2D eigenvalue weighted by molar-refractivity contribution is 5.53. The molecule has 0 aromatic heterocycles. The van der Waals surface area contributed by atoms with Gasteiger partial charge in [0.2, 0.25) is 0 Å². The van der Waals surface area contributed by atoms with Crippen molar-refractivity contribution < 1.29 is 5.11 Å². The molecule has 0 unspecified atom stereocenters. The van der Waals surface area contributed by atoms with Crippen LogP contribution in [0, 0.1) is 0 Å². The van der Waals surface area contributed by atoms with Gasteiger partial charge in [-0.2, -0.15) is 0 Å². The number of aliphatic hydroxyl groups is 1. The standard InChI is InChI=1S/C15H17NO/c1-16(11-13-7-3-2-4-8-13)15-10-6-5-9-14(15)12-17/h2-10,17H,11-12H2,1H3. The fourth-order valence-corrected chi connectivity index (χ4v) is 1.96. The van der Waals surface area contributed by atoms with Crippen molar-refractivity contribution in [2.24, 2.45) is 0 Å². The molecule has 2 heteroatoms. The maximum absolute atomic E-state index is 9.31. The lowest BCUT2D eigenvalue weighted by molar-refractivity contribution is 0.282. The minimum Gasteiger partial charge on any atom is -0.392 e. The Kier molecular flexibility index (Phi) is 3.78. The number of hydrogen-bond donors (Lipinski definition) is 1. The monoisotopic (exact) mass is 227 g/mol. The Hall–Kier alpha value is -1.80. The molecular weight excluding hydrogens is 210 g/mol. The van der Waals surface area contributed by atoms with Crippen LogP contribution in [-0.4, -0.2) is 12.2 Å². The van der Waals surface area contributed by atoms with Gasteiger partial charge in [-0.05, 0) is 11.6 Å². The second kappa shape index (κ2) is 5.51. The van der Waals surface area contributed by atoms with E-state index in [9.17, 15) is 5.11 Å². The summed E-state index contributed by atoms with van der Waals surface area (Å²) in [7, 11) is 2.04. The lowest BCUT2D eigenvalue weighted by Gasteiger charge is -2.22. The van der Waals surface area contributed by atoms with Crippen LogP contribution in [0.2, 0.25) is 0 Å². The maximum Gasteiger partial charge on any atom is 0.0702 e. The van der Waals surface area contributed by atoms with Gasteiger partial charge in [0, 0.05) is 24.8 Å². The number of aliphatic hydroxyl groups excluding tert-OH is 1. The lowest BCUT2D eigenvalue weighted by atomic mass is 10.1. The van der Waals surface area contributed by atoms with Crippen LogP contribution in [0.1, 0.15) is 11.1 Å². The van der Waals surface area contributed by atoms with E-state index in [1.165, 1.54) is 5.56 Å². The molecule has 0 aliphatic rings. The summed E-state index contributed by atoms with van der Waals surface area (Å²) < 4.78 is 0. The van der Waals surface area contributed by atoms with Gasteiger partial charge in [0.25, 0.3) is 0 Å². The van der Waals surface area contributed by atoms with Crippen LogP contribution in [-0.2, 0) is 13.2 Å². The molecule has 0 saturated carbocycles. The molecule has 17 heavy (non-hydrogen) atoms. The zero-order valence-electron chi connectivity index (χ0n) is 10.0. The Balaban J connectivity index is 2.17. The van der Waals surface area contributed by atoms with Crippen LogP contribution >= 0.6 is 0 Å². The van der Waals surface area contributed by atoms with E-state index in [0.717, 1.165) is 17.8 Å². The van der Waals surface area contributed by atoms with Crippen molar-refractivity contribution in [3.8, 4) is 0 Å². The smallest absolute Gasteiger partial charge is 0.0702 e. The van der Waals surface area contributed by atoms with Crippen molar-refractivity contribution in [1.82, 2.24) is 0 Å². The number of rotatable bonds is 4. The van der Waals surface area contributed by atoms with Crippen molar-refractivity contribution in [3.05, 3.63) is 65.7 Å². The van der Waals surface area contributed by atoms with Crippen molar-refractivity contribution in [2.45, 2.75) is 13.2 Å². The molecule has 2 nitrogen and oxygen atoms in total. The highest BCUT2D eigenvalue weighted by Gasteiger charge is 2.06. The van der Waals surface area contributed by atoms with Crippen molar-refractivity contribution in [2.75, 3.05) is 11.9 Å². The van der Waals surface area contributed by atoms with E-state index >= 15 is 0 Å². The van der Waals surface area contributed by atoms with E-state index in [-0.39, 0.29) is 6.61 Å². The fourth-order valence-electron chi connectivity index (χ4n) is 1.96. The summed E-state index contributed by atoms with van der Waals surface area (Å²) in [5.41, 5.74) is 3.31. The highest BCUT2D eigenvalue weighted by atomic mass is 16.3. The van der Waals surface area contributed by atoms with Gasteiger partial charge in [-0.15, -0.1) is 0 Å². The molecule has 0 saturated heterocycles. The SMILES string of the molecule is CN(Cc1ccccc1)c1ccccc1CO. The summed E-state index contributed by atoms with van der Waals surface area (Å²) in [5.74, 6) is 0. The number of para-hydroxylation sites is 1. The molecule has 0 bridgehead atoms. The van der Waals surface area contributed by atoms with Crippen LogP contribution in [0.15, 0.2) is 54.6 Å². The van der Waals surface area contributed by atoms with Crippen LogP contribution < -0.4 is 4.90 Å². The van der Waals surface area contributed by atoms with E-state index in [4.69, 9.17) is 0 Å². The van der Waals surface area contributed by atoms with Crippen LogP contribution in [0.25, 0.3) is 0 Å². The third kappa shape index (κ3) is 2.86. The number of hydrogen-bond acceptors (Lipinski definition) is 2. The van der Waals surface area contributed by atoms with E-state index in [2.05, 4.69) is 17.0 Å². The molecule has 0 fully saturated rings. The predicted molar refractivity (Wildman–Crippen MR) is 70.9 cm³/mol. The van der Waals surface area contributed by atoms with Gasteiger partial charge in [-0.25, -0.2) is 0 Å². The Morgan fingerprint density at radius 1 is 0.941 bits per heavy atom. The molecule has 0 atom stereocenters. The van der Waals surface area contributed by atoms with Gasteiger partial charge >= 0.3 is 0 Å². The Morgan fingerprint density at radius 3 is 2.29 bits per heavy atom. The zero-order chi connectivity index (χ0) is 12.1. The minimum absolute atomic E-state index is 0.0787. The molecule has 0 amide bonds. The third-order valence-electron chi connectivity index (χ3n) is 2.84. The normalized spacial score (nSPS) is 10.2. The fraction of sp³-hybridized carbons (Fsp3) is 0.200. The van der Waals surface area contributed by atoms with E-state index in [1.54, 1.807) is 0 Å². The molecule has 2 aromatic carbocycles. The van der Waals surface area contributed by atoms with Crippen molar-refractivity contribution in [1.29, 1.82) is 0 Å². The molecular formula is C15H17NO.